The number of hydrogen-bond donors (Lipinski definition) is 2. The highest BCUT2D eigenvalue weighted by Gasteiger charge is 2.19. The van der Waals surface area contributed by atoms with Gasteiger partial charge in [-0.15, -0.1) is 0 Å². The van der Waals surface area contributed by atoms with Crippen LogP contribution in [0.15, 0.2) is 16.5 Å². The monoisotopic (exact) mass is 243 g/mol. The Balaban J connectivity index is 1.85. The van der Waals surface area contributed by atoms with Gasteiger partial charge in [-0.1, -0.05) is 12.8 Å². The van der Waals surface area contributed by atoms with Crippen molar-refractivity contribution in [1.82, 2.24) is 5.32 Å². The van der Waals surface area contributed by atoms with Gasteiger partial charge in [0, 0.05) is 12.6 Å². The molecule has 1 aromatic heterocycles. The Kier molecular flexibility index (Phi) is 4.27. The Morgan fingerprint density at radius 1 is 1.44 bits per heavy atom. The molecule has 90 valence electrons. The number of halogens is 1. The quantitative estimate of drug-likeness (QED) is 0.836. The molecule has 1 heterocycles. The normalized spacial score (nSPS) is 19.1. The fourth-order valence-corrected chi connectivity index (χ4v) is 2.39. The largest absolute Gasteiger partial charge is 0.449 e. The number of hydrogen-bond acceptors (Lipinski definition) is 3. The van der Waals surface area contributed by atoms with E-state index in [1.165, 1.54) is 25.7 Å². The summed E-state index contributed by atoms with van der Waals surface area (Å²) in [4.78, 5) is 0. The summed E-state index contributed by atoms with van der Waals surface area (Å²) in [7, 11) is 0. The highest BCUT2D eigenvalue weighted by molar-refractivity contribution is 6.28. The first-order valence-electron chi connectivity index (χ1n) is 5.89. The zero-order valence-electron chi connectivity index (χ0n) is 9.29. The summed E-state index contributed by atoms with van der Waals surface area (Å²) in [5.74, 6) is 0.770. The maximum atomic E-state index is 9.32. The fraction of sp³-hybridized carbons (Fsp3) is 0.667. The van der Waals surface area contributed by atoms with E-state index in [1.54, 1.807) is 6.07 Å². The maximum absolute atomic E-state index is 9.32. The minimum Gasteiger partial charge on any atom is -0.449 e. The van der Waals surface area contributed by atoms with Gasteiger partial charge in [-0.2, -0.15) is 0 Å². The molecule has 1 fully saturated rings. The van der Waals surface area contributed by atoms with Crippen LogP contribution in [0.1, 0.15) is 37.4 Å². The molecule has 1 unspecified atom stereocenters. The minimum absolute atomic E-state index is 0.00750. The number of aliphatic hydroxyl groups excluding tert-OH is 1. The van der Waals surface area contributed by atoms with Gasteiger partial charge in [0.1, 0.15) is 5.76 Å². The van der Waals surface area contributed by atoms with Crippen LogP contribution >= 0.6 is 11.6 Å². The molecule has 3 nitrogen and oxygen atoms in total. The standard InChI is InChI=1S/C12H18ClNO2/c13-12-6-5-11(16-12)9(8-15)7-14-10-3-1-2-4-10/h5-6,9-10,14-15H,1-4,7-8H2. The summed E-state index contributed by atoms with van der Waals surface area (Å²) in [6.45, 7) is 0.842. The van der Waals surface area contributed by atoms with Crippen molar-refractivity contribution in [3.8, 4) is 0 Å². The van der Waals surface area contributed by atoms with E-state index in [4.69, 9.17) is 16.0 Å². The molecule has 0 spiro atoms. The van der Waals surface area contributed by atoms with Crippen LogP contribution in [0.2, 0.25) is 5.22 Å². The van der Waals surface area contributed by atoms with E-state index in [9.17, 15) is 5.11 Å². The Morgan fingerprint density at radius 3 is 2.75 bits per heavy atom. The molecule has 1 aromatic rings. The third-order valence-corrected chi connectivity index (χ3v) is 3.43. The Hall–Kier alpha value is -0.510. The summed E-state index contributed by atoms with van der Waals surface area (Å²) >= 11 is 5.72. The van der Waals surface area contributed by atoms with Crippen LogP contribution in [0, 0.1) is 0 Å². The summed E-state index contributed by atoms with van der Waals surface area (Å²) in [6.07, 6.45) is 5.12. The van der Waals surface area contributed by atoms with E-state index in [0.717, 1.165) is 12.3 Å². The molecule has 2 rings (SSSR count). The summed E-state index contributed by atoms with van der Waals surface area (Å²) < 4.78 is 5.32. The fourth-order valence-electron chi connectivity index (χ4n) is 2.24. The molecule has 16 heavy (non-hydrogen) atoms. The van der Waals surface area contributed by atoms with E-state index in [0.29, 0.717) is 11.3 Å². The molecular formula is C12H18ClNO2. The van der Waals surface area contributed by atoms with Crippen molar-refractivity contribution in [2.24, 2.45) is 0 Å². The van der Waals surface area contributed by atoms with E-state index < -0.39 is 0 Å². The van der Waals surface area contributed by atoms with Gasteiger partial charge in [-0.3, -0.25) is 0 Å². The minimum atomic E-state index is 0.00750. The average molecular weight is 244 g/mol. The summed E-state index contributed by atoms with van der Waals surface area (Å²) in [5.41, 5.74) is 0. The van der Waals surface area contributed by atoms with Crippen molar-refractivity contribution in [1.29, 1.82) is 0 Å². The van der Waals surface area contributed by atoms with Gasteiger partial charge in [0.15, 0.2) is 5.22 Å². The Labute approximate surface area is 101 Å². The van der Waals surface area contributed by atoms with Crippen molar-refractivity contribution in [2.45, 2.75) is 37.6 Å². The second-order valence-corrected chi connectivity index (χ2v) is 4.78. The molecule has 4 heteroatoms. The van der Waals surface area contributed by atoms with Crippen LogP contribution in [-0.4, -0.2) is 24.3 Å². The summed E-state index contributed by atoms with van der Waals surface area (Å²) in [5, 5.41) is 13.2. The first kappa shape index (κ1) is 12.0. The third kappa shape index (κ3) is 3.00. The number of rotatable bonds is 5. The SMILES string of the molecule is OCC(CNC1CCCC1)c1ccc(Cl)o1. The lowest BCUT2D eigenvalue weighted by atomic mass is 10.1. The zero-order chi connectivity index (χ0) is 11.4. The second kappa shape index (κ2) is 5.71. The van der Waals surface area contributed by atoms with Gasteiger partial charge in [0.05, 0.1) is 12.5 Å². The Morgan fingerprint density at radius 2 is 2.19 bits per heavy atom. The van der Waals surface area contributed by atoms with Crippen LogP contribution in [-0.2, 0) is 0 Å². The lowest BCUT2D eigenvalue weighted by Gasteiger charge is -2.16. The van der Waals surface area contributed by atoms with Gasteiger partial charge in [-0.05, 0) is 36.6 Å². The second-order valence-electron chi connectivity index (χ2n) is 4.41. The highest BCUT2D eigenvalue weighted by Crippen LogP contribution is 2.22. The van der Waals surface area contributed by atoms with Crippen molar-refractivity contribution >= 4 is 11.6 Å². The molecule has 0 bridgehead atoms. The van der Waals surface area contributed by atoms with Gasteiger partial charge < -0.3 is 14.8 Å². The smallest absolute Gasteiger partial charge is 0.193 e. The van der Waals surface area contributed by atoms with Crippen LogP contribution in [0.25, 0.3) is 0 Å². The zero-order valence-corrected chi connectivity index (χ0v) is 10.0. The van der Waals surface area contributed by atoms with Gasteiger partial charge in [0.2, 0.25) is 0 Å². The molecule has 0 aliphatic heterocycles. The van der Waals surface area contributed by atoms with Crippen molar-refractivity contribution in [3.63, 3.8) is 0 Å². The topological polar surface area (TPSA) is 45.4 Å². The highest BCUT2D eigenvalue weighted by atomic mass is 35.5. The van der Waals surface area contributed by atoms with Crippen molar-refractivity contribution < 1.29 is 9.52 Å². The van der Waals surface area contributed by atoms with Crippen LogP contribution < -0.4 is 5.32 Å². The molecule has 0 saturated heterocycles. The van der Waals surface area contributed by atoms with E-state index in [1.807, 2.05) is 6.07 Å². The molecule has 1 atom stereocenters. The van der Waals surface area contributed by atoms with Crippen molar-refractivity contribution in [3.05, 3.63) is 23.1 Å². The van der Waals surface area contributed by atoms with Gasteiger partial charge in [0.25, 0.3) is 0 Å². The molecule has 1 saturated carbocycles. The van der Waals surface area contributed by atoms with Crippen molar-refractivity contribution in [2.75, 3.05) is 13.2 Å². The predicted octanol–water partition coefficient (Wildman–Crippen LogP) is 2.54. The van der Waals surface area contributed by atoms with Gasteiger partial charge >= 0.3 is 0 Å². The number of aliphatic hydroxyl groups is 1. The lowest BCUT2D eigenvalue weighted by molar-refractivity contribution is 0.242. The number of furan rings is 1. The molecule has 0 aromatic carbocycles. The number of nitrogens with one attached hydrogen (secondary N) is 1. The molecular weight excluding hydrogens is 226 g/mol. The van der Waals surface area contributed by atoms with Crippen LogP contribution in [0.5, 0.6) is 0 Å². The average Bonchev–Trinajstić information content (AvgIpc) is 2.91. The molecule has 2 N–H and O–H groups in total. The molecule has 1 aliphatic carbocycles. The molecule has 0 radical (unpaired) electrons. The summed E-state index contributed by atoms with van der Waals surface area (Å²) in [6, 6.07) is 4.16. The van der Waals surface area contributed by atoms with E-state index in [2.05, 4.69) is 5.32 Å². The van der Waals surface area contributed by atoms with Crippen LogP contribution in [0.4, 0.5) is 0 Å². The maximum Gasteiger partial charge on any atom is 0.193 e. The molecule has 1 aliphatic rings. The third-order valence-electron chi connectivity index (χ3n) is 3.22. The lowest BCUT2D eigenvalue weighted by Crippen LogP contribution is -2.31. The van der Waals surface area contributed by atoms with Crippen LogP contribution in [0.3, 0.4) is 0 Å². The first-order chi connectivity index (χ1) is 7.79. The van der Waals surface area contributed by atoms with E-state index in [-0.39, 0.29) is 12.5 Å². The molecule has 0 amide bonds. The predicted molar refractivity (Wildman–Crippen MR) is 63.8 cm³/mol. The van der Waals surface area contributed by atoms with E-state index >= 15 is 0 Å². The first-order valence-corrected chi connectivity index (χ1v) is 6.27. The Bertz CT molecular complexity index is 321. The van der Waals surface area contributed by atoms with Gasteiger partial charge in [-0.25, -0.2) is 0 Å².